The van der Waals surface area contributed by atoms with Gasteiger partial charge < -0.3 is 9.64 Å². The Balaban J connectivity index is 1.60. The second-order valence-electron chi connectivity index (χ2n) is 8.34. The van der Waals surface area contributed by atoms with Gasteiger partial charge in [-0.2, -0.15) is 8.78 Å². The van der Waals surface area contributed by atoms with E-state index in [1.165, 1.54) is 24.3 Å². The highest BCUT2D eigenvalue weighted by Gasteiger charge is 2.52. The zero-order valence-corrected chi connectivity index (χ0v) is 18.3. The lowest BCUT2D eigenvalue weighted by Crippen LogP contribution is -2.39. The number of carbonyl (C=O) groups excluding carboxylic acids is 1. The molecule has 0 saturated carbocycles. The predicted molar refractivity (Wildman–Crippen MR) is 122 cm³/mol. The van der Waals surface area contributed by atoms with Gasteiger partial charge in [0.2, 0.25) is 0 Å². The number of benzene rings is 2. The topological polar surface area (TPSA) is 89.0 Å². The number of morpholine rings is 1. The van der Waals surface area contributed by atoms with E-state index >= 15 is 0 Å². The van der Waals surface area contributed by atoms with Crippen LogP contribution in [0, 0.1) is 5.82 Å². The van der Waals surface area contributed by atoms with Gasteiger partial charge in [-0.15, -0.1) is 0 Å². The van der Waals surface area contributed by atoms with Crippen molar-refractivity contribution in [3.63, 3.8) is 0 Å². The van der Waals surface area contributed by atoms with E-state index in [-0.39, 0.29) is 5.69 Å². The summed E-state index contributed by atoms with van der Waals surface area (Å²) in [6.07, 6.45) is 3.31. The van der Waals surface area contributed by atoms with Crippen LogP contribution in [0.5, 0.6) is 0 Å². The zero-order chi connectivity index (χ0) is 24.3. The highest BCUT2D eigenvalue weighted by Crippen LogP contribution is 2.45. The van der Waals surface area contributed by atoms with Gasteiger partial charge in [-0.3, -0.25) is 9.20 Å². The fourth-order valence-electron chi connectivity index (χ4n) is 4.57. The number of hydrogen-bond donors (Lipinski definition) is 1. The van der Waals surface area contributed by atoms with E-state index in [0.717, 1.165) is 0 Å². The van der Waals surface area contributed by atoms with Gasteiger partial charge in [0, 0.05) is 36.6 Å². The molecule has 1 fully saturated rings. The minimum atomic E-state index is -3.75. The maximum absolute atomic E-state index is 14.7. The maximum atomic E-state index is 14.7. The van der Waals surface area contributed by atoms with Gasteiger partial charge >= 0.3 is 11.8 Å². The number of imidazole rings is 1. The number of ether oxygens (including phenoxy) is 1. The summed E-state index contributed by atoms with van der Waals surface area (Å²) in [5.41, 5.74) is 1.95. The first-order chi connectivity index (χ1) is 16.9. The zero-order valence-electron chi connectivity index (χ0n) is 18.3. The van der Waals surface area contributed by atoms with Crippen LogP contribution in [-0.2, 0) is 15.5 Å². The summed E-state index contributed by atoms with van der Waals surface area (Å²) >= 11 is 0. The van der Waals surface area contributed by atoms with Crippen LogP contribution in [0.25, 0.3) is 28.2 Å². The van der Waals surface area contributed by atoms with Crippen molar-refractivity contribution in [2.45, 2.75) is 5.92 Å². The molecule has 2 aromatic heterocycles. The van der Waals surface area contributed by atoms with Crippen LogP contribution in [0.15, 0.2) is 54.9 Å². The van der Waals surface area contributed by atoms with Crippen LogP contribution in [0.3, 0.4) is 0 Å². The molecule has 2 N–H and O–H groups in total. The van der Waals surface area contributed by atoms with Gasteiger partial charge in [-0.25, -0.2) is 25.2 Å². The van der Waals surface area contributed by atoms with Gasteiger partial charge in [-0.05, 0) is 36.4 Å². The lowest BCUT2D eigenvalue weighted by atomic mass is 10.0. The number of rotatable bonds is 3. The van der Waals surface area contributed by atoms with Crippen LogP contribution in [-0.4, -0.2) is 46.6 Å². The van der Waals surface area contributed by atoms with E-state index in [2.05, 4.69) is 4.98 Å². The predicted octanol–water partition coefficient (Wildman–Crippen LogP) is 3.35. The van der Waals surface area contributed by atoms with Crippen LogP contribution < -0.4 is 15.8 Å². The summed E-state index contributed by atoms with van der Waals surface area (Å²) in [5.74, 6) is 0.567. The smallest absolute Gasteiger partial charge is 0.353 e. The fraction of sp³-hybridized carbons (Fsp3) is 0.208. The fourth-order valence-corrected chi connectivity index (χ4v) is 4.57. The molecule has 1 saturated heterocycles. The van der Waals surface area contributed by atoms with Crippen molar-refractivity contribution in [1.29, 1.82) is 0 Å². The number of alkyl halides is 2. The van der Waals surface area contributed by atoms with Gasteiger partial charge in [0.05, 0.1) is 35.9 Å². The van der Waals surface area contributed by atoms with Crippen LogP contribution in [0.1, 0.15) is 5.56 Å². The summed E-state index contributed by atoms with van der Waals surface area (Å²) in [6.45, 7) is 2.34. The number of halogens is 3. The van der Waals surface area contributed by atoms with Crippen molar-refractivity contribution in [1.82, 2.24) is 14.4 Å². The first kappa shape index (κ1) is 21.6. The Morgan fingerprint density at radius 2 is 1.74 bits per heavy atom. The molecule has 2 aliphatic heterocycles. The van der Waals surface area contributed by atoms with Crippen molar-refractivity contribution in [2.75, 3.05) is 36.2 Å². The molecule has 0 atom stereocenters. The first-order valence-electron chi connectivity index (χ1n) is 10.9. The molecule has 11 heteroatoms. The maximum Gasteiger partial charge on any atom is 0.353 e. The van der Waals surface area contributed by atoms with Crippen molar-refractivity contribution in [3.8, 4) is 22.5 Å². The average molecular weight is 480 g/mol. The van der Waals surface area contributed by atoms with E-state index in [4.69, 9.17) is 15.6 Å². The third kappa shape index (κ3) is 3.27. The molecule has 0 bridgehead atoms. The number of fused-ring (bicyclic) bond motifs is 2. The summed E-state index contributed by atoms with van der Waals surface area (Å²) in [6, 6.07) is 10.0. The summed E-state index contributed by atoms with van der Waals surface area (Å²) in [4.78, 5) is 23.4. The second-order valence-corrected chi connectivity index (χ2v) is 8.34. The van der Waals surface area contributed by atoms with E-state index in [1.807, 2.05) is 4.90 Å². The largest absolute Gasteiger partial charge is 0.378 e. The van der Waals surface area contributed by atoms with Crippen LogP contribution in [0.4, 0.5) is 24.7 Å². The van der Waals surface area contributed by atoms with Gasteiger partial charge in [-0.1, -0.05) is 6.07 Å². The Kier molecular flexibility index (Phi) is 4.80. The molecule has 8 nitrogen and oxygen atoms in total. The summed E-state index contributed by atoms with van der Waals surface area (Å²) in [7, 11) is 0. The second kappa shape index (κ2) is 7.79. The number of anilines is 2. The quantitative estimate of drug-likeness (QED) is 0.357. The normalized spacial score (nSPS) is 17.3. The summed E-state index contributed by atoms with van der Waals surface area (Å²) in [5, 5.41) is 0.467. The summed E-state index contributed by atoms with van der Waals surface area (Å²) < 4.78 is 50.3. The van der Waals surface area contributed by atoms with Crippen LogP contribution in [0.2, 0.25) is 0 Å². The Bertz CT molecular complexity index is 1460. The molecule has 4 heterocycles. The van der Waals surface area contributed by atoms with E-state index in [0.29, 0.717) is 65.3 Å². The average Bonchev–Trinajstić information content (AvgIpc) is 3.34. The van der Waals surface area contributed by atoms with Crippen molar-refractivity contribution >= 4 is 23.1 Å². The Hall–Kier alpha value is -3.96. The van der Waals surface area contributed by atoms with Gasteiger partial charge in [0.1, 0.15) is 5.82 Å². The van der Waals surface area contributed by atoms with Gasteiger partial charge in [0.15, 0.2) is 11.5 Å². The molecule has 0 radical (unpaired) electrons. The lowest BCUT2D eigenvalue weighted by Gasteiger charge is -2.27. The van der Waals surface area contributed by atoms with E-state index in [9.17, 15) is 18.0 Å². The molecule has 0 aliphatic carbocycles. The number of nitrogens with zero attached hydrogens (tertiary/aromatic N) is 5. The molecular weight excluding hydrogens is 461 g/mol. The van der Waals surface area contributed by atoms with E-state index in [1.54, 1.807) is 35.0 Å². The third-order valence-electron chi connectivity index (χ3n) is 6.31. The number of hydrazine groups is 1. The minimum absolute atomic E-state index is 0.0587. The number of aromatic nitrogens is 3. The Morgan fingerprint density at radius 3 is 2.49 bits per heavy atom. The molecule has 0 unspecified atom stereocenters. The highest BCUT2D eigenvalue weighted by molar-refractivity contribution is 6.05. The molecule has 178 valence electrons. The number of hydrogen-bond acceptors (Lipinski definition) is 6. The van der Waals surface area contributed by atoms with Crippen molar-refractivity contribution < 1.29 is 22.7 Å². The molecule has 0 spiro atoms. The molecule has 4 aromatic rings. The number of nitrogens with two attached hydrogens (primary N) is 1. The minimum Gasteiger partial charge on any atom is -0.378 e. The van der Waals surface area contributed by atoms with E-state index < -0.39 is 23.2 Å². The lowest BCUT2D eigenvalue weighted by molar-refractivity contribution is -0.141. The molecule has 6 rings (SSSR count). The van der Waals surface area contributed by atoms with Crippen LogP contribution >= 0.6 is 0 Å². The van der Waals surface area contributed by atoms with Gasteiger partial charge in [0.25, 0.3) is 0 Å². The number of carbonyl (C=O) groups is 1. The van der Waals surface area contributed by atoms with Crippen molar-refractivity contribution in [3.05, 3.63) is 66.2 Å². The molecule has 2 aromatic carbocycles. The molecule has 1 amide bonds. The monoisotopic (exact) mass is 480 g/mol. The molecular formula is C24H19F3N6O2. The standard InChI is InChI=1S/C24H19F3N6O2/c25-16-4-1-14(2-5-16)19-20(15-3-6-18-17(13-15)24(26,27)23(34)33(18)28)32-8-7-29-21(22(32)30-19)31-9-11-35-12-10-31/h1-8,13H,9-12,28H2. The third-order valence-corrected chi connectivity index (χ3v) is 6.31. The Morgan fingerprint density at radius 1 is 1.03 bits per heavy atom. The molecule has 2 aliphatic rings. The number of amides is 1. The highest BCUT2D eigenvalue weighted by atomic mass is 19.3. The SMILES string of the molecule is NN1C(=O)C(F)(F)c2cc(-c3c(-c4ccc(F)cc4)nc4c(N5CCOCC5)nccn34)ccc21. The molecule has 35 heavy (non-hydrogen) atoms. The Labute approximate surface area is 197 Å². The van der Waals surface area contributed by atoms with Crippen molar-refractivity contribution in [2.24, 2.45) is 5.84 Å². The first-order valence-corrected chi connectivity index (χ1v) is 10.9.